The molecule has 0 radical (unpaired) electrons. The van der Waals surface area contributed by atoms with Gasteiger partial charge in [-0.2, -0.15) is 0 Å². The monoisotopic (exact) mass is 321 g/mol. The smallest absolute Gasteiger partial charge is 0.342 e. The first-order valence-corrected chi connectivity index (χ1v) is 5.11. The highest BCUT2D eigenvalue weighted by Crippen LogP contribution is 2.28. The van der Waals surface area contributed by atoms with E-state index < -0.39 is 14.3 Å². The molecule has 0 heterocycles. The minimum Gasteiger partial charge on any atom is -0.477 e. The maximum atomic E-state index is 10.9. The molecule has 0 amide bonds. The Bertz CT molecular complexity index is 406. The van der Waals surface area contributed by atoms with E-state index in [4.69, 9.17) is 5.11 Å². The van der Waals surface area contributed by atoms with E-state index in [1.54, 1.807) is 13.0 Å². The van der Waals surface area contributed by atoms with Gasteiger partial charge in [0.15, 0.2) is 0 Å². The van der Waals surface area contributed by atoms with Crippen molar-refractivity contribution < 1.29 is 14.8 Å². The van der Waals surface area contributed by atoms with Gasteiger partial charge >= 0.3 is 5.97 Å². The Morgan fingerprint density at radius 3 is 2.73 bits per heavy atom. The van der Waals surface area contributed by atoms with Crippen molar-refractivity contribution in [2.75, 3.05) is 0 Å². The molecule has 80 valence electrons. The van der Waals surface area contributed by atoms with E-state index in [0.717, 1.165) is 0 Å². The van der Waals surface area contributed by atoms with Gasteiger partial charge in [0, 0.05) is 6.08 Å². The van der Waals surface area contributed by atoms with Crippen molar-refractivity contribution in [2.24, 2.45) is 0 Å². The van der Waals surface area contributed by atoms with Gasteiger partial charge in [0.05, 0.1) is 8.35 Å². The lowest BCUT2D eigenvalue weighted by Gasteiger charge is -2.11. The highest BCUT2D eigenvalue weighted by molar-refractivity contribution is 14.1. The average molecular weight is 321 g/mol. The second kappa shape index (κ2) is 4.13. The predicted molar refractivity (Wildman–Crippen MR) is 62.4 cm³/mol. The van der Waals surface area contributed by atoms with Crippen LogP contribution in [0, 0.1) is 10.1 Å². The summed E-state index contributed by atoms with van der Waals surface area (Å²) in [6.45, 7) is 1.77. The molecule has 5 nitrogen and oxygen atoms in total. The number of carboxylic acid groups (broad SMARTS) is 1. The summed E-state index contributed by atoms with van der Waals surface area (Å²) in [7, 11) is 0. The Balaban J connectivity index is 3.30. The number of aliphatic carboxylic acids is 1. The molecule has 0 aromatic carbocycles. The number of allylic oxidation sites excluding steroid dienone is 4. The molecule has 0 saturated heterocycles. The molecule has 0 aromatic rings. The van der Waals surface area contributed by atoms with Crippen molar-refractivity contribution in [3.05, 3.63) is 45.7 Å². The topological polar surface area (TPSA) is 80.4 Å². The third-order valence-electron chi connectivity index (χ3n) is 1.81. The number of nitrogens with zero attached hydrogens (tertiary/aromatic N) is 1. The minimum atomic E-state index is -1.29. The number of hydrogen-bond donors (Lipinski definition) is 1. The molecule has 15 heavy (non-hydrogen) atoms. The van der Waals surface area contributed by atoms with Crippen molar-refractivity contribution in [3.63, 3.8) is 0 Å². The van der Waals surface area contributed by atoms with Crippen molar-refractivity contribution in [2.45, 2.75) is 10.3 Å². The van der Waals surface area contributed by atoms with Crippen LogP contribution in [-0.2, 0) is 4.79 Å². The largest absolute Gasteiger partial charge is 0.477 e. The summed E-state index contributed by atoms with van der Waals surface area (Å²) in [6.07, 6.45) is 5.77. The van der Waals surface area contributed by atoms with Gasteiger partial charge in [0.25, 0.3) is 5.70 Å². The molecule has 1 aliphatic rings. The number of alkyl halides is 1. The van der Waals surface area contributed by atoms with Crippen LogP contribution in [0.15, 0.2) is 35.6 Å². The summed E-state index contributed by atoms with van der Waals surface area (Å²) in [5.74, 6) is -1.29. The third kappa shape index (κ3) is 2.88. The zero-order chi connectivity index (χ0) is 11.6. The summed E-state index contributed by atoms with van der Waals surface area (Å²) in [6, 6.07) is 0. The third-order valence-corrected chi connectivity index (χ3v) is 2.48. The number of carbonyl (C=O) groups is 1. The van der Waals surface area contributed by atoms with E-state index in [2.05, 4.69) is 0 Å². The second-order valence-electron chi connectivity index (χ2n) is 3.18. The predicted octanol–water partition coefficient (Wildman–Crippen LogP) is 1.92. The lowest BCUT2D eigenvalue weighted by molar-refractivity contribution is -0.420. The Hall–Kier alpha value is -1.18. The first-order valence-electron chi connectivity index (χ1n) is 4.03. The molecule has 0 aromatic heterocycles. The summed E-state index contributed by atoms with van der Waals surface area (Å²) < 4.78 is -0.528. The average Bonchev–Trinajstić information content (AvgIpc) is 2.23. The van der Waals surface area contributed by atoms with Gasteiger partial charge in [-0.15, -0.1) is 0 Å². The molecule has 1 rings (SSSR count). The van der Waals surface area contributed by atoms with Crippen LogP contribution < -0.4 is 0 Å². The molecule has 1 N–H and O–H groups in total. The van der Waals surface area contributed by atoms with E-state index in [1.807, 2.05) is 22.6 Å². The molecule has 1 atom stereocenters. The van der Waals surface area contributed by atoms with E-state index >= 15 is 0 Å². The number of rotatable bonds is 2. The fraction of sp³-hybridized carbons (Fsp3) is 0.222. The van der Waals surface area contributed by atoms with Crippen LogP contribution in [0.1, 0.15) is 6.92 Å². The van der Waals surface area contributed by atoms with Crippen molar-refractivity contribution in [1.29, 1.82) is 0 Å². The van der Waals surface area contributed by atoms with Crippen LogP contribution >= 0.6 is 22.6 Å². The SMILES string of the molecule is CC1(I)C=CC=C([N+](=O)[O-])C(C(=O)O)=C1. The summed E-state index contributed by atoms with van der Waals surface area (Å²) in [4.78, 5) is 20.8. The Labute approximate surface area is 99.5 Å². The Kier molecular flexibility index (Phi) is 3.28. The summed E-state index contributed by atoms with van der Waals surface area (Å²) in [5, 5.41) is 19.5. The van der Waals surface area contributed by atoms with Crippen LogP contribution in [0.25, 0.3) is 0 Å². The van der Waals surface area contributed by atoms with Crippen LogP contribution in [-0.4, -0.2) is 19.4 Å². The molecule has 0 bridgehead atoms. The first-order chi connectivity index (χ1) is 6.83. The fourth-order valence-corrected chi connectivity index (χ4v) is 1.67. The number of nitro groups is 1. The van der Waals surface area contributed by atoms with Crippen LogP contribution in [0.2, 0.25) is 0 Å². The highest BCUT2D eigenvalue weighted by Gasteiger charge is 2.28. The number of hydrogen-bond acceptors (Lipinski definition) is 3. The van der Waals surface area contributed by atoms with Gasteiger partial charge < -0.3 is 5.11 Å². The lowest BCUT2D eigenvalue weighted by atomic mass is 10.1. The quantitative estimate of drug-likeness (QED) is 0.365. The van der Waals surface area contributed by atoms with E-state index in [0.29, 0.717) is 0 Å². The van der Waals surface area contributed by atoms with Gasteiger partial charge in [-0.25, -0.2) is 4.79 Å². The van der Waals surface area contributed by atoms with E-state index in [1.165, 1.54) is 18.2 Å². The molecule has 0 fully saturated rings. The summed E-state index contributed by atoms with van der Waals surface area (Å²) in [5.41, 5.74) is -0.666. The van der Waals surface area contributed by atoms with Crippen molar-refractivity contribution in [3.8, 4) is 0 Å². The zero-order valence-electron chi connectivity index (χ0n) is 7.81. The molecule has 0 aliphatic heterocycles. The fourth-order valence-electron chi connectivity index (χ4n) is 1.15. The molecule has 1 aliphatic carbocycles. The molecule has 0 saturated carbocycles. The zero-order valence-corrected chi connectivity index (χ0v) is 9.96. The highest BCUT2D eigenvalue weighted by atomic mass is 127. The van der Waals surface area contributed by atoms with E-state index in [-0.39, 0.29) is 11.3 Å². The Morgan fingerprint density at radius 1 is 1.67 bits per heavy atom. The lowest BCUT2D eigenvalue weighted by Crippen LogP contribution is -2.14. The van der Waals surface area contributed by atoms with E-state index in [9.17, 15) is 14.9 Å². The summed E-state index contributed by atoms with van der Waals surface area (Å²) >= 11 is 2.02. The van der Waals surface area contributed by atoms with Gasteiger partial charge in [-0.3, -0.25) is 10.1 Å². The van der Waals surface area contributed by atoms with Crippen LogP contribution in [0.3, 0.4) is 0 Å². The maximum absolute atomic E-state index is 10.9. The van der Waals surface area contributed by atoms with Gasteiger partial charge in [-0.05, 0) is 13.0 Å². The van der Waals surface area contributed by atoms with Gasteiger partial charge in [-0.1, -0.05) is 34.7 Å². The standard InChI is InChI=1S/C9H8INO4/c1-9(10)4-2-3-7(11(14)15)6(5-9)8(12)13/h2-5H,1H3,(H,12,13). The van der Waals surface area contributed by atoms with Crippen molar-refractivity contribution in [1.82, 2.24) is 0 Å². The van der Waals surface area contributed by atoms with Gasteiger partial charge in [0.2, 0.25) is 0 Å². The number of halogens is 1. The maximum Gasteiger partial charge on any atom is 0.342 e. The molecular formula is C9H8INO4. The van der Waals surface area contributed by atoms with Crippen LogP contribution in [0.5, 0.6) is 0 Å². The molecule has 1 unspecified atom stereocenters. The molecular weight excluding hydrogens is 313 g/mol. The second-order valence-corrected chi connectivity index (χ2v) is 5.51. The first kappa shape index (κ1) is 11.9. The van der Waals surface area contributed by atoms with Gasteiger partial charge in [0.1, 0.15) is 5.57 Å². The minimum absolute atomic E-state index is 0.276. The molecule has 0 spiro atoms. The number of carboxylic acids is 1. The molecule has 6 heteroatoms. The Morgan fingerprint density at radius 2 is 2.27 bits per heavy atom. The van der Waals surface area contributed by atoms with Crippen LogP contribution in [0.4, 0.5) is 0 Å². The normalized spacial score (nSPS) is 25.2. The van der Waals surface area contributed by atoms with Crippen molar-refractivity contribution >= 4 is 28.6 Å².